The number of nitrogens with zero attached hydrogens (tertiary/aromatic N) is 5. The lowest BCUT2D eigenvalue weighted by molar-refractivity contribution is 0.186. The molecule has 1 aliphatic rings. The first-order chi connectivity index (χ1) is 16.1. The Balaban J connectivity index is 2.16. The molecule has 1 aromatic heterocycles. The van der Waals surface area contributed by atoms with Gasteiger partial charge in [-0.2, -0.15) is 5.21 Å². The number of hydrogen-bond donors (Lipinski definition) is 6. The molecule has 1 atom stereocenters. The molecule has 2 aromatic rings. The van der Waals surface area contributed by atoms with Crippen molar-refractivity contribution < 1.29 is 27.0 Å². The zero-order valence-electron chi connectivity index (χ0n) is 18.3. The van der Waals surface area contributed by atoms with Gasteiger partial charge in [0.1, 0.15) is 9.79 Å². The summed E-state index contributed by atoms with van der Waals surface area (Å²) in [5, 5.41) is 37.9. The van der Waals surface area contributed by atoms with E-state index in [0.29, 0.717) is 31.9 Å². The van der Waals surface area contributed by atoms with E-state index in [4.69, 9.17) is 10.9 Å². The van der Waals surface area contributed by atoms with Crippen LogP contribution >= 0.6 is 0 Å². The summed E-state index contributed by atoms with van der Waals surface area (Å²) >= 11 is 0. The molecule has 3 rings (SSSR count). The van der Waals surface area contributed by atoms with Gasteiger partial charge in [-0.25, -0.2) is 26.7 Å². The summed E-state index contributed by atoms with van der Waals surface area (Å²) in [4.78, 5) is 2.66. The molecule has 0 spiro atoms. The molecule has 8 N–H and O–H groups in total. The molecular formula is C17H29N9O6S2. The summed E-state index contributed by atoms with van der Waals surface area (Å²) in [6.07, 6.45) is -0.447. The molecule has 0 amide bonds. The number of tetrazole rings is 1. The normalized spacial score (nSPS) is 17.0. The van der Waals surface area contributed by atoms with Crippen LogP contribution in [0.1, 0.15) is 6.42 Å². The lowest BCUT2D eigenvalue weighted by Crippen LogP contribution is -2.37. The van der Waals surface area contributed by atoms with E-state index < -0.39 is 42.5 Å². The van der Waals surface area contributed by atoms with Crippen LogP contribution in [0.5, 0.6) is 0 Å². The SMILES string of the molecule is NC[C@@H](O)CNS(=O)(=O)c1ccc(N2CCCN(CCO)CC2)c(-c2nn[nH]n2)c1S(N)(=O)=O. The Morgan fingerprint density at radius 3 is 2.56 bits per heavy atom. The predicted molar refractivity (Wildman–Crippen MR) is 122 cm³/mol. The van der Waals surface area contributed by atoms with Gasteiger partial charge in [0.15, 0.2) is 0 Å². The quantitative estimate of drug-likeness (QED) is 0.180. The number of aromatic amines is 1. The van der Waals surface area contributed by atoms with Gasteiger partial charge in [0, 0.05) is 45.0 Å². The van der Waals surface area contributed by atoms with E-state index in [-0.39, 0.29) is 24.5 Å². The van der Waals surface area contributed by atoms with Crippen molar-refractivity contribution in [3.8, 4) is 11.4 Å². The molecule has 1 saturated heterocycles. The highest BCUT2D eigenvalue weighted by molar-refractivity contribution is 7.92. The van der Waals surface area contributed by atoms with Crippen LogP contribution in [-0.2, 0) is 20.0 Å². The molecule has 1 aromatic carbocycles. The van der Waals surface area contributed by atoms with Crippen LogP contribution < -0.4 is 20.5 Å². The van der Waals surface area contributed by atoms with Crippen LogP contribution in [0.25, 0.3) is 11.4 Å². The second-order valence-corrected chi connectivity index (χ2v) is 10.9. The number of aliphatic hydroxyl groups is 2. The van der Waals surface area contributed by atoms with Gasteiger partial charge in [0.25, 0.3) is 0 Å². The summed E-state index contributed by atoms with van der Waals surface area (Å²) in [5.74, 6) is -0.144. The van der Waals surface area contributed by atoms with Gasteiger partial charge in [0.2, 0.25) is 25.9 Å². The topological polar surface area (TPSA) is 234 Å². The standard InChI is InChI=1S/C17H29N9O6S2/c18-10-12(28)11-20-34(31,32)14-3-2-13(26-5-1-4-25(6-7-26)8-9-27)15(16(14)33(19,29)30)17-21-23-24-22-17/h2-3,12,20,27-28H,1,4-11,18H2,(H2,19,29,30)(H,21,22,23,24)/t12-/m1/s1. The number of hydrogen-bond acceptors (Lipinski definition) is 12. The number of sulfonamides is 2. The number of rotatable bonds is 10. The first-order valence-corrected chi connectivity index (χ1v) is 13.5. The van der Waals surface area contributed by atoms with E-state index >= 15 is 0 Å². The fourth-order valence-electron chi connectivity index (χ4n) is 3.74. The van der Waals surface area contributed by atoms with Crippen molar-refractivity contribution in [2.45, 2.75) is 22.3 Å². The maximum Gasteiger partial charge on any atom is 0.242 e. The number of aromatic nitrogens is 4. The third-order valence-electron chi connectivity index (χ3n) is 5.37. The number of nitrogens with two attached hydrogens (primary N) is 2. The summed E-state index contributed by atoms with van der Waals surface area (Å²) in [6, 6.07) is 2.61. The van der Waals surface area contributed by atoms with Crippen LogP contribution in [0.4, 0.5) is 5.69 Å². The van der Waals surface area contributed by atoms with E-state index in [1.54, 1.807) is 0 Å². The van der Waals surface area contributed by atoms with Crippen LogP contribution in [0.3, 0.4) is 0 Å². The first kappa shape index (κ1) is 26.4. The van der Waals surface area contributed by atoms with Crippen LogP contribution in [-0.4, -0.2) is 111 Å². The third kappa shape index (κ3) is 6.05. The van der Waals surface area contributed by atoms with Crippen LogP contribution in [0.15, 0.2) is 21.9 Å². The van der Waals surface area contributed by atoms with Crippen molar-refractivity contribution in [2.75, 3.05) is 57.3 Å². The number of anilines is 1. The molecule has 34 heavy (non-hydrogen) atoms. The average molecular weight is 520 g/mol. The zero-order valence-corrected chi connectivity index (χ0v) is 20.0. The van der Waals surface area contributed by atoms with Gasteiger partial charge in [-0.05, 0) is 30.3 Å². The highest BCUT2D eigenvalue weighted by Gasteiger charge is 2.33. The van der Waals surface area contributed by atoms with Crippen molar-refractivity contribution in [3.63, 3.8) is 0 Å². The second kappa shape index (κ2) is 11.0. The van der Waals surface area contributed by atoms with Crippen LogP contribution in [0.2, 0.25) is 0 Å². The van der Waals surface area contributed by atoms with Crippen molar-refractivity contribution in [1.29, 1.82) is 0 Å². The number of benzene rings is 1. The maximum atomic E-state index is 13.0. The Labute approximate surface area is 197 Å². The van der Waals surface area contributed by atoms with Gasteiger partial charge >= 0.3 is 0 Å². The summed E-state index contributed by atoms with van der Waals surface area (Å²) in [5.41, 5.74) is 5.59. The van der Waals surface area contributed by atoms with E-state index in [9.17, 15) is 27.0 Å². The lowest BCUT2D eigenvalue weighted by atomic mass is 10.1. The molecule has 0 unspecified atom stereocenters. The largest absolute Gasteiger partial charge is 0.395 e. The Kier molecular flexibility index (Phi) is 8.52. The zero-order chi connectivity index (χ0) is 24.9. The number of primary sulfonamides is 1. The maximum absolute atomic E-state index is 13.0. The van der Waals surface area contributed by atoms with E-state index in [2.05, 4.69) is 30.2 Å². The fraction of sp³-hybridized carbons (Fsp3) is 0.588. The van der Waals surface area contributed by atoms with Crippen LogP contribution in [0, 0.1) is 0 Å². The Morgan fingerprint density at radius 2 is 1.94 bits per heavy atom. The van der Waals surface area contributed by atoms with E-state index in [0.717, 1.165) is 19.0 Å². The second-order valence-electron chi connectivity index (χ2n) is 7.71. The van der Waals surface area contributed by atoms with E-state index in [1.807, 2.05) is 4.90 Å². The Morgan fingerprint density at radius 1 is 1.18 bits per heavy atom. The van der Waals surface area contributed by atoms with Gasteiger partial charge in [0.05, 0.1) is 18.3 Å². The monoisotopic (exact) mass is 519 g/mol. The number of H-pyrrole nitrogens is 1. The molecule has 1 fully saturated rings. The molecule has 0 radical (unpaired) electrons. The van der Waals surface area contributed by atoms with Gasteiger partial charge in [-0.1, -0.05) is 0 Å². The molecule has 0 aliphatic carbocycles. The lowest BCUT2D eigenvalue weighted by Gasteiger charge is -2.27. The molecule has 2 heterocycles. The Bertz CT molecular complexity index is 1170. The van der Waals surface area contributed by atoms with Gasteiger partial charge in [-0.15, -0.1) is 10.2 Å². The Hall–Kier alpha value is -2.25. The number of nitrogens with one attached hydrogen (secondary N) is 2. The van der Waals surface area contributed by atoms with E-state index in [1.165, 1.54) is 6.07 Å². The third-order valence-corrected chi connectivity index (χ3v) is 7.96. The molecule has 15 nitrogen and oxygen atoms in total. The average Bonchev–Trinajstić information content (AvgIpc) is 3.23. The smallest absolute Gasteiger partial charge is 0.242 e. The molecule has 17 heteroatoms. The predicted octanol–water partition coefficient (Wildman–Crippen LogP) is -3.38. The molecule has 1 aliphatic heterocycles. The van der Waals surface area contributed by atoms with Crippen molar-refractivity contribution >= 4 is 25.7 Å². The van der Waals surface area contributed by atoms with Gasteiger partial charge < -0.3 is 20.8 Å². The fourth-order valence-corrected chi connectivity index (χ4v) is 6.41. The first-order valence-electron chi connectivity index (χ1n) is 10.5. The highest BCUT2D eigenvalue weighted by atomic mass is 32.2. The molecular weight excluding hydrogens is 490 g/mol. The summed E-state index contributed by atoms with van der Waals surface area (Å²) in [7, 11) is -9.03. The summed E-state index contributed by atoms with van der Waals surface area (Å²) < 4.78 is 53.6. The number of β-amino-alcohol motifs (C(OH)–C–C–N with tert-alkyl or cyclic N) is 1. The molecule has 190 valence electrons. The minimum Gasteiger partial charge on any atom is -0.395 e. The minimum atomic E-state index is -4.61. The highest BCUT2D eigenvalue weighted by Crippen LogP contribution is 2.38. The van der Waals surface area contributed by atoms with Gasteiger partial charge in [-0.3, -0.25) is 4.90 Å². The molecule has 0 saturated carbocycles. The van der Waals surface area contributed by atoms with Crippen molar-refractivity contribution in [2.24, 2.45) is 10.9 Å². The minimum absolute atomic E-state index is 0.0160. The molecule has 0 bridgehead atoms. The van der Waals surface area contributed by atoms with Crippen molar-refractivity contribution in [3.05, 3.63) is 12.1 Å². The number of aliphatic hydroxyl groups excluding tert-OH is 2. The summed E-state index contributed by atoms with van der Waals surface area (Å²) in [6.45, 7) is 2.24. The van der Waals surface area contributed by atoms with Crippen molar-refractivity contribution in [1.82, 2.24) is 30.2 Å².